The van der Waals surface area contributed by atoms with Crippen molar-refractivity contribution in [2.45, 2.75) is 26.3 Å². The number of hydrogen-bond acceptors (Lipinski definition) is 3. The zero-order valence-corrected chi connectivity index (χ0v) is 7.82. The summed E-state index contributed by atoms with van der Waals surface area (Å²) in [6.45, 7) is 3.81. The van der Waals surface area contributed by atoms with Crippen molar-refractivity contribution >= 4 is 18.3 Å². The van der Waals surface area contributed by atoms with Crippen LogP contribution in [0.3, 0.4) is 0 Å². The SMILES string of the molecule is CC(C)NC(=O)C1=CN=CCC=N1. The minimum atomic E-state index is -0.176. The molecule has 0 aromatic carbocycles. The average Bonchev–Trinajstić information content (AvgIpc) is 2.29. The van der Waals surface area contributed by atoms with E-state index in [2.05, 4.69) is 15.3 Å². The predicted molar refractivity (Wildman–Crippen MR) is 53.0 cm³/mol. The largest absolute Gasteiger partial charge is 0.348 e. The molecule has 1 N–H and O–H groups in total. The van der Waals surface area contributed by atoms with Crippen LogP contribution in [0.4, 0.5) is 0 Å². The van der Waals surface area contributed by atoms with Crippen LogP contribution in [-0.2, 0) is 4.79 Å². The number of nitrogens with zero attached hydrogens (tertiary/aromatic N) is 2. The van der Waals surface area contributed by atoms with Crippen molar-refractivity contribution in [1.29, 1.82) is 0 Å². The van der Waals surface area contributed by atoms with Gasteiger partial charge in [-0.15, -0.1) is 0 Å². The van der Waals surface area contributed by atoms with Gasteiger partial charge in [-0.3, -0.25) is 14.8 Å². The summed E-state index contributed by atoms with van der Waals surface area (Å²) in [6, 6.07) is 0.121. The number of rotatable bonds is 2. The number of hydrogen-bond donors (Lipinski definition) is 1. The van der Waals surface area contributed by atoms with E-state index in [-0.39, 0.29) is 11.9 Å². The maximum atomic E-state index is 11.4. The van der Waals surface area contributed by atoms with Crippen LogP contribution in [0.25, 0.3) is 0 Å². The van der Waals surface area contributed by atoms with Gasteiger partial charge in [0.15, 0.2) is 0 Å². The number of nitrogens with one attached hydrogen (secondary N) is 1. The maximum absolute atomic E-state index is 11.4. The Morgan fingerprint density at radius 2 is 2.31 bits per heavy atom. The van der Waals surface area contributed by atoms with E-state index in [0.29, 0.717) is 12.1 Å². The molecule has 0 aliphatic carbocycles. The summed E-state index contributed by atoms with van der Waals surface area (Å²) in [5.41, 5.74) is 0.363. The molecule has 0 saturated heterocycles. The highest BCUT2D eigenvalue weighted by atomic mass is 16.2. The third-order valence-electron chi connectivity index (χ3n) is 1.40. The molecule has 1 amide bonds. The third-order valence-corrected chi connectivity index (χ3v) is 1.40. The Hall–Kier alpha value is -1.45. The first-order valence-corrected chi connectivity index (χ1v) is 4.25. The first-order chi connectivity index (χ1) is 6.20. The van der Waals surface area contributed by atoms with Crippen LogP contribution in [0.2, 0.25) is 0 Å². The molecule has 1 aliphatic rings. The molecule has 0 aromatic heterocycles. The summed E-state index contributed by atoms with van der Waals surface area (Å²) in [7, 11) is 0. The molecule has 13 heavy (non-hydrogen) atoms. The van der Waals surface area contributed by atoms with Crippen LogP contribution in [0.5, 0.6) is 0 Å². The van der Waals surface area contributed by atoms with Crippen molar-refractivity contribution in [1.82, 2.24) is 5.32 Å². The fourth-order valence-corrected chi connectivity index (χ4v) is 0.869. The van der Waals surface area contributed by atoms with Gasteiger partial charge in [0.2, 0.25) is 0 Å². The number of carbonyl (C=O) groups is 1. The Morgan fingerprint density at radius 3 is 3.00 bits per heavy atom. The molecular weight excluding hydrogens is 166 g/mol. The second kappa shape index (κ2) is 4.54. The molecule has 1 heterocycles. The summed E-state index contributed by atoms with van der Waals surface area (Å²) in [5.74, 6) is -0.176. The van der Waals surface area contributed by atoms with Crippen LogP contribution in [-0.4, -0.2) is 24.4 Å². The molecule has 70 valence electrons. The molecule has 0 spiro atoms. The van der Waals surface area contributed by atoms with Crippen LogP contribution in [0, 0.1) is 0 Å². The van der Waals surface area contributed by atoms with Crippen molar-refractivity contribution in [3.8, 4) is 0 Å². The summed E-state index contributed by atoms with van der Waals surface area (Å²) >= 11 is 0. The Bertz CT molecular complexity index is 277. The van der Waals surface area contributed by atoms with Crippen LogP contribution >= 0.6 is 0 Å². The Labute approximate surface area is 77.5 Å². The molecule has 4 nitrogen and oxygen atoms in total. The molecule has 0 radical (unpaired) electrons. The molecular formula is C9H13N3O. The zero-order chi connectivity index (χ0) is 9.68. The topological polar surface area (TPSA) is 53.8 Å². The van der Waals surface area contributed by atoms with Crippen molar-refractivity contribution < 1.29 is 4.79 Å². The third kappa shape index (κ3) is 3.19. The van der Waals surface area contributed by atoms with E-state index in [9.17, 15) is 4.79 Å². The van der Waals surface area contributed by atoms with Crippen molar-refractivity contribution in [2.75, 3.05) is 0 Å². The fraction of sp³-hybridized carbons (Fsp3) is 0.444. The van der Waals surface area contributed by atoms with Gasteiger partial charge < -0.3 is 5.32 Å². The maximum Gasteiger partial charge on any atom is 0.271 e. The van der Waals surface area contributed by atoms with Crippen molar-refractivity contribution in [3.63, 3.8) is 0 Å². The van der Waals surface area contributed by atoms with Gasteiger partial charge in [-0.2, -0.15) is 0 Å². The van der Waals surface area contributed by atoms with Crippen LogP contribution in [0.15, 0.2) is 21.9 Å². The lowest BCUT2D eigenvalue weighted by molar-refractivity contribution is -0.118. The van der Waals surface area contributed by atoms with E-state index in [1.807, 2.05) is 13.8 Å². The normalized spacial score (nSPS) is 15.5. The summed E-state index contributed by atoms with van der Waals surface area (Å²) < 4.78 is 0. The van der Waals surface area contributed by atoms with Gasteiger partial charge in [0.05, 0.1) is 6.20 Å². The highest BCUT2D eigenvalue weighted by Crippen LogP contribution is 2.00. The van der Waals surface area contributed by atoms with Crippen LogP contribution in [0.1, 0.15) is 20.3 Å². The Kier molecular flexibility index (Phi) is 3.37. The summed E-state index contributed by atoms with van der Waals surface area (Å²) in [6.07, 6.45) is 5.53. The molecule has 0 aromatic rings. The number of aliphatic imine (C=N–C) groups is 2. The van der Waals surface area contributed by atoms with Crippen molar-refractivity contribution in [2.24, 2.45) is 9.98 Å². The standard InChI is InChI=1S/C9H13N3O/c1-7(2)12-9(13)8-6-10-4-3-5-11-8/h4-7H,3H2,1-2H3,(H,12,13). The van der Waals surface area contributed by atoms with Gasteiger partial charge in [0, 0.05) is 24.9 Å². The highest BCUT2D eigenvalue weighted by molar-refractivity contribution is 5.96. The van der Waals surface area contributed by atoms with E-state index >= 15 is 0 Å². The molecule has 4 heteroatoms. The first kappa shape index (κ1) is 9.64. The zero-order valence-electron chi connectivity index (χ0n) is 7.82. The lowest BCUT2D eigenvalue weighted by Gasteiger charge is -2.06. The van der Waals surface area contributed by atoms with E-state index in [0.717, 1.165) is 0 Å². The fourth-order valence-electron chi connectivity index (χ4n) is 0.869. The smallest absolute Gasteiger partial charge is 0.271 e. The molecule has 1 rings (SSSR count). The van der Waals surface area contributed by atoms with Gasteiger partial charge in [-0.25, -0.2) is 0 Å². The van der Waals surface area contributed by atoms with Crippen molar-refractivity contribution in [3.05, 3.63) is 11.9 Å². The molecule has 0 saturated carbocycles. The van der Waals surface area contributed by atoms with E-state index in [4.69, 9.17) is 0 Å². The first-order valence-electron chi connectivity index (χ1n) is 4.25. The summed E-state index contributed by atoms with van der Waals surface area (Å²) in [4.78, 5) is 19.3. The number of carbonyl (C=O) groups excluding carboxylic acids is 1. The van der Waals surface area contributed by atoms with E-state index in [1.165, 1.54) is 6.20 Å². The minimum Gasteiger partial charge on any atom is -0.348 e. The van der Waals surface area contributed by atoms with Gasteiger partial charge >= 0.3 is 0 Å². The highest BCUT2D eigenvalue weighted by Gasteiger charge is 2.08. The second-order valence-corrected chi connectivity index (χ2v) is 3.02. The second-order valence-electron chi connectivity index (χ2n) is 3.02. The lowest BCUT2D eigenvalue weighted by Crippen LogP contribution is -2.30. The summed E-state index contributed by atoms with van der Waals surface area (Å²) in [5, 5.41) is 2.75. The lowest BCUT2D eigenvalue weighted by atomic mass is 10.3. The quantitative estimate of drug-likeness (QED) is 0.672. The van der Waals surface area contributed by atoms with Gasteiger partial charge in [-0.05, 0) is 13.8 Å². The van der Waals surface area contributed by atoms with E-state index in [1.54, 1.807) is 12.4 Å². The monoisotopic (exact) mass is 179 g/mol. The molecule has 0 atom stereocenters. The molecule has 0 fully saturated rings. The number of amides is 1. The van der Waals surface area contributed by atoms with E-state index < -0.39 is 0 Å². The van der Waals surface area contributed by atoms with Gasteiger partial charge in [0.25, 0.3) is 5.91 Å². The molecule has 0 bridgehead atoms. The molecule has 1 aliphatic heterocycles. The van der Waals surface area contributed by atoms with Crippen LogP contribution < -0.4 is 5.32 Å². The van der Waals surface area contributed by atoms with Gasteiger partial charge in [0.1, 0.15) is 5.70 Å². The molecule has 0 unspecified atom stereocenters. The Balaban J connectivity index is 2.65. The average molecular weight is 179 g/mol. The minimum absolute atomic E-state index is 0.121. The Morgan fingerprint density at radius 1 is 1.54 bits per heavy atom. The predicted octanol–water partition coefficient (Wildman–Crippen LogP) is 0.898. The van der Waals surface area contributed by atoms with Gasteiger partial charge in [-0.1, -0.05) is 0 Å².